The minimum atomic E-state index is -5.79. The van der Waals surface area contributed by atoms with Crippen molar-refractivity contribution in [2.75, 3.05) is 32.1 Å². The zero-order valence-electron chi connectivity index (χ0n) is 27.1. The molecule has 2 atom stereocenters. The number of fused-ring (bicyclic) bond motifs is 1. The Balaban J connectivity index is 1.59. The average molecular weight is 727 g/mol. The molecule has 1 aliphatic rings. The first-order valence-electron chi connectivity index (χ1n) is 15.1. The summed E-state index contributed by atoms with van der Waals surface area (Å²) < 4.78 is 40.4. The first kappa shape index (κ1) is 37.4. The van der Waals surface area contributed by atoms with Crippen LogP contribution in [-0.2, 0) is 24.6 Å². The molecule has 2 aromatic carbocycles. The van der Waals surface area contributed by atoms with E-state index in [4.69, 9.17) is 21.4 Å². The molecule has 2 heterocycles. The van der Waals surface area contributed by atoms with Crippen LogP contribution >= 0.6 is 30.5 Å². The van der Waals surface area contributed by atoms with Crippen molar-refractivity contribution >= 4 is 69.9 Å². The number of nitrogens with one attached hydrogen (secondary N) is 1. The molecule has 260 valence electrons. The van der Waals surface area contributed by atoms with E-state index in [0.29, 0.717) is 28.3 Å². The monoisotopic (exact) mass is 726 g/mol. The van der Waals surface area contributed by atoms with Gasteiger partial charge in [0.2, 0.25) is 17.7 Å². The number of benzene rings is 2. The predicted molar refractivity (Wildman–Crippen MR) is 180 cm³/mol. The molecule has 1 saturated heterocycles. The third kappa shape index (κ3) is 8.06. The Labute approximate surface area is 286 Å². The zero-order chi connectivity index (χ0) is 35.8. The molecule has 4 amide bonds. The third-order valence-electron chi connectivity index (χ3n) is 8.11. The number of carbonyl (C=O) groups is 4. The van der Waals surface area contributed by atoms with Crippen molar-refractivity contribution in [3.05, 3.63) is 64.0 Å². The predicted octanol–water partition coefficient (Wildman–Crippen LogP) is 5.43. The van der Waals surface area contributed by atoms with Gasteiger partial charge in [-0.05, 0) is 66.1 Å². The SMILES string of the molecule is CN(C)C(=O)CCN(C(=O)[C@@H]1CCCN1C(=O)[C@@H](NC(=O)c1cc2cc(C(F)(F)P(=O)(O)O)ccc2s1)C(C)(C)C)c1ccc(Cl)cc1. The van der Waals surface area contributed by atoms with Crippen LogP contribution in [0.2, 0.25) is 5.02 Å². The Morgan fingerprint density at radius 2 is 1.73 bits per heavy atom. The summed E-state index contributed by atoms with van der Waals surface area (Å²) in [5.74, 6) is -1.68. The van der Waals surface area contributed by atoms with Crippen molar-refractivity contribution in [2.45, 2.75) is 57.8 Å². The summed E-state index contributed by atoms with van der Waals surface area (Å²) >= 11 is 7.04. The number of nitrogens with zero attached hydrogens (tertiary/aromatic N) is 3. The number of thiophene rings is 1. The lowest BCUT2D eigenvalue weighted by molar-refractivity contribution is -0.141. The second-order valence-electron chi connectivity index (χ2n) is 12.9. The quantitative estimate of drug-likeness (QED) is 0.236. The van der Waals surface area contributed by atoms with E-state index >= 15 is 0 Å². The number of amides is 4. The van der Waals surface area contributed by atoms with Crippen molar-refractivity contribution in [3.8, 4) is 0 Å². The summed E-state index contributed by atoms with van der Waals surface area (Å²) in [6.45, 7) is 5.62. The maximum absolute atomic E-state index is 14.3. The molecule has 0 bridgehead atoms. The zero-order valence-corrected chi connectivity index (χ0v) is 29.5. The van der Waals surface area contributed by atoms with Gasteiger partial charge in [0.1, 0.15) is 12.1 Å². The number of hydrogen-bond acceptors (Lipinski definition) is 6. The van der Waals surface area contributed by atoms with E-state index in [-0.39, 0.29) is 41.6 Å². The Hall–Kier alpha value is -3.42. The Bertz CT molecular complexity index is 1760. The van der Waals surface area contributed by atoms with Gasteiger partial charge in [-0.15, -0.1) is 11.3 Å². The van der Waals surface area contributed by atoms with Crippen LogP contribution in [0.25, 0.3) is 10.1 Å². The van der Waals surface area contributed by atoms with Gasteiger partial charge >= 0.3 is 13.3 Å². The summed E-state index contributed by atoms with van der Waals surface area (Å²) in [5.41, 5.74) is -5.60. The van der Waals surface area contributed by atoms with E-state index in [9.17, 15) is 32.5 Å². The lowest BCUT2D eigenvalue weighted by atomic mass is 9.85. The lowest BCUT2D eigenvalue weighted by Crippen LogP contribution is -2.58. The number of rotatable bonds is 10. The highest BCUT2D eigenvalue weighted by atomic mass is 35.5. The van der Waals surface area contributed by atoms with Crippen LogP contribution in [0.4, 0.5) is 14.5 Å². The van der Waals surface area contributed by atoms with Gasteiger partial charge in [-0.1, -0.05) is 38.4 Å². The number of carbonyl (C=O) groups excluding carboxylic acids is 4. The van der Waals surface area contributed by atoms with Crippen LogP contribution in [-0.4, -0.2) is 82.5 Å². The molecular weight excluding hydrogens is 689 g/mol. The van der Waals surface area contributed by atoms with Gasteiger partial charge in [-0.25, -0.2) is 0 Å². The van der Waals surface area contributed by atoms with Gasteiger partial charge in [0.15, 0.2) is 0 Å². The van der Waals surface area contributed by atoms with Gasteiger partial charge in [-0.2, -0.15) is 8.78 Å². The molecule has 0 unspecified atom stereocenters. The molecule has 0 radical (unpaired) electrons. The minimum Gasteiger partial charge on any atom is -0.349 e. The van der Waals surface area contributed by atoms with Crippen molar-refractivity contribution in [1.29, 1.82) is 0 Å². The Morgan fingerprint density at radius 3 is 2.31 bits per heavy atom. The molecular formula is C32H38ClF2N4O7PS. The number of halogens is 3. The van der Waals surface area contributed by atoms with E-state index in [1.807, 2.05) is 0 Å². The van der Waals surface area contributed by atoms with Crippen molar-refractivity contribution in [2.24, 2.45) is 5.41 Å². The highest BCUT2D eigenvalue weighted by molar-refractivity contribution is 7.52. The molecule has 0 spiro atoms. The second-order valence-corrected chi connectivity index (χ2v) is 16.1. The first-order valence-corrected chi connectivity index (χ1v) is 17.9. The number of anilines is 1. The largest absolute Gasteiger partial charge is 0.399 e. The molecule has 11 nitrogen and oxygen atoms in total. The maximum Gasteiger partial charge on any atom is 0.399 e. The van der Waals surface area contributed by atoms with E-state index in [1.54, 1.807) is 59.1 Å². The topological polar surface area (TPSA) is 148 Å². The fourth-order valence-electron chi connectivity index (χ4n) is 5.41. The van der Waals surface area contributed by atoms with Gasteiger partial charge in [0, 0.05) is 54.6 Å². The van der Waals surface area contributed by atoms with Crippen LogP contribution < -0.4 is 10.2 Å². The van der Waals surface area contributed by atoms with Gasteiger partial charge in [0.25, 0.3) is 5.91 Å². The summed E-state index contributed by atoms with van der Waals surface area (Å²) in [4.78, 5) is 76.9. The van der Waals surface area contributed by atoms with Crippen molar-refractivity contribution in [3.63, 3.8) is 0 Å². The smallest absolute Gasteiger partial charge is 0.349 e. The molecule has 1 aromatic heterocycles. The van der Waals surface area contributed by atoms with E-state index in [1.165, 1.54) is 26.8 Å². The standard InChI is InChI=1S/C32H38ClF2N4O7PS/c1-31(2,3)27(36-28(41)25-18-19-17-20(8-13-24(19)48-25)32(34,35)47(44,45)46)30(43)39-15-6-7-23(39)29(42)38(16-14-26(40)37(4)5)22-11-9-21(33)10-12-22/h8-13,17-18,23,27H,6-7,14-16H2,1-5H3,(H,36,41)(H2,44,45,46)/t23-,27+/m0/s1. The highest BCUT2D eigenvalue weighted by Crippen LogP contribution is 2.59. The Morgan fingerprint density at radius 1 is 1.08 bits per heavy atom. The third-order valence-corrected chi connectivity index (χ3v) is 10.5. The second kappa shape index (κ2) is 14.2. The molecule has 3 N–H and O–H groups in total. The summed E-state index contributed by atoms with van der Waals surface area (Å²) in [6.07, 6.45) is 0.964. The van der Waals surface area contributed by atoms with Crippen LogP contribution in [0, 0.1) is 5.41 Å². The van der Waals surface area contributed by atoms with Crippen LogP contribution in [0.15, 0.2) is 48.5 Å². The molecule has 1 fully saturated rings. The van der Waals surface area contributed by atoms with Crippen molar-refractivity contribution in [1.82, 2.24) is 15.1 Å². The van der Waals surface area contributed by atoms with E-state index in [0.717, 1.165) is 23.5 Å². The number of alkyl halides is 2. The van der Waals surface area contributed by atoms with E-state index in [2.05, 4.69) is 5.32 Å². The minimum absolute atomic E-state index is 0.0519. The molecule has 16 heteroatoms. The highest BCUT2D eigenvalue weighted by Gasteiger charge is 2.50. The fraction of sp³-hybridized carbons (Fsp3) is 0.438. The van der Waals surface area contributed by atoms with Crippen LogP contribution in [0.1, 0.15) is 55.3 Å². The van der Waals surface area contributed by atoms with Crippen LogP contribution in [0.5, 0.6) is 0 Å². The van der Waals surface area contributed by atoms with E-state index < -0.39 is 48.1 Å². The maximum atomic E-state index is 14.3. The fourth-order valence-corrected chi connectivity index (χ4v) is 6.96. The number of hydrogen-bond donors (Lipinski definition) is 3. The molecule has 3 aromatic rings. The summed E-state index contributed by atoms with van der Waals surface area (Å²) in [7, 11) is -2.55. The number of likely N-dealkylation sites (tertiary alicyclic amines) is 1. The average Bonchev–Trinajstić information content (AvgIpc) is 3.66. The molecule has 4 rings (SSSR count). The first-order chi connectivity index (χ1) is 22.2. The summed E-state index contributed by atoms with van der Waals surface area (Å²) in [5, 5.41) is 3.42. The molecule has 48 heavy (non-hydrogen) atoms. The van der Waals surface area contributed by atoms with Gasteiger partial charge in [-0.3, -0.25) is 23.7 Å². The molecule has 0 saturated carbocycles. The van der Waals surface area contributed by atoms with Crippen molar-refractivity contribution < 1.29 is 42.3 Å². The normalized spacial score (nSPS) is 16.1. The molecule has 0 aliphatic carbocycles. The van der Waals surface area contributed by atoms with Crippen LogP contribution in [0.3, 0.4) is 0 Å². The van der Waals surface area contributed by atoms with Gasteiger partial charge in [0.05, 0.1) is 4.88 Å². The van der Waals surface area contributed by atoms with Gasteiger partial charge < -0.3 is 29.8 Å². The summed E-state index contributed by atoms with van der Waals surface area (Å²) in [6, 6.07) is 9.04. The Kier molecular flexibility index (Phi) is 11.1. The molecule has 1 aliphatic heterocycles. The lowest BCUT2D eigenvalue weighted by Gasteiger charge is -2.36.